The average Bonchev–Trinajstić information content (AvgIpc) is 1.87. The Bertz CT molecular complexity index is 124. The van der Waals surface area contributed by atoms with E-state index in [4.69, 9.17) is 5.11 Å². The van der Waals surface area contributed by atoms with E-state index in [-0.39, 0.29) is 5.92 Å². The van der Waals surface area contributed by atoms with E-state index in [2.05, 4.69) is 5.32 Å². The van der Waals surface area contributed by atoms with E-state index in [9.17, 15) is 9.59 Å². The molecule has 0 unspecified atom stereocenters. The van der Waals surface area contributed by atoms with Gasteiger partial charge in [0.2, 0.25) is 0 Å². The fourth-order valence-electron chi connectivity index (χ4n) is 0.475. The summed E-state index contributed by atoms with van der Waals surface area (Å²) < 4.78 is 0. The Morgan fingerprint density at radius 3 is 2.80 bits per heavy atom. The van der Waals surface area contributed by atoms with Crippen LogP contribution in [0.4, 0.5) is 4.79 Å². The summed E-state index contributed by atoms with van der Waals surface area (Å²) in [6.45, 7) is 2.09. The molecular formula is C6H11NO3. The Labute approximate surface area is 59.2 Å². The van der Waals surface area contributed by atoms with E-state index < -0.39 is 6.09 Å². The van der Waals surface area contributed by atoms with Crippen molar-refractivity contribution >= 4 is 12.4 Å². The molecule has 0 aromatic carbocycles. The van der Waals surface area contributed by atoms with Gasteiger partial charge in [0.1, 0.15) is 6.29 Å². The van der Waals surface area contributed by atoms with Gasteiger partial charge in [0, 0.05) is 12.5 Å². The summed E-state index contributed by atoms with van der Waals surface area (Å²) in [5, 5.41) is 10.3. The van der Waals surface area contributed by atoms with E-state index in [1.807, 2.05) is 0 Å². The lowest BCUT2D eigenvalue weighted by atomic mass is 10.1. The smallest absolute Gasteiger partial charge is 0.404 e. The van der Waals surface area contributed by atoms with Crippen molar-refractivity contribution in [1.82, 2.24) is 5.32 Å². The lowest BCUT2D eigenvalue weighted by Crippen LogP contribution is -2.23. The van der Waals surface area contributed by atoms with Gasteiger partial charge in [-0.15, -0.1) is 0 Å². The summed E-state index contributed by atoms with van der Waals surface area (Å²) in [6.07, 6.45) is 0.331. The Morgan fingerprint density at radius 2 is 2.40 bits per heavy atom. The highest BCUT2D eigenvalue weighted by Crippen LogP contribution is 1.93. The zero-order valence-electron chi connectivity index (χ0n) is 5.83. The Balaban J connectivity index is 3.19. The summed E-state index contributed by atoms with van der Waals surface area (Å²) in [5.74, 6) is -0.0631. The molecule has 0 aromatic rings. The zero-order chi connectivity index (χ0) is 7.98. The lowest BCUT2D eigenvalue weighted by Gasteiger charge is -2.01. The second-order valence-electron chi connectivity index (χ2n) is 2.13. The molecule has 1 atom stereocenters. The van der Waals surface area contributed by atoms with E-state index >= 15 is 0 Å². The zero-order valence-corrected chi connectivity index (χ0v) is 5.83. The van der Waals surface area contributed by atoms with Crippen LogP contribution in [0.25, 0.3) is 0 Å². The van der Waals surface area contributed by atoms with Gasteiger partial charge in [-0.05, 0) is 6.42 Å². The number of carbonyl (C=O) groups is 2. The van der Waals surface area contributed by atoms with Crippen LogP contribution < -0.4 is 5.32 Å². The summed E-state index contributed by atoms with van der Waals surface area (Å²) in [6, 6.07) is 0. The molecule has 0 heterocycles. The van der Waals surface area contributed by atoms with Gasteiger partial charge in [-0.25, -0.2) is 4.79 Å². The molecule has 0 saturated carbocycles. The topological polar surface area (TPSA) is 66.4 Å². The molecule has 0 aliphatic heterocycles. The van der Waals surface area contributed by atoms with Crippen molar-refractivity contribution in [3.8, 4) is 0 Å². The van der Waals surface area contributed by atoms with Crippen LogP contribution in [0.15, 0.2) is 0 Å². The molecule has 0 aliphatic rings. The molecular weight excluding hydrogens is 134 g/mol. The summed E-state index contributed by atoms with van der Waals surface area (Å²) >= 11 is 0. The molecule has 0 rings (SSSR count). The third-order valence-electron chi connectivity index (χ3n) is 1.11. The average molecular weight is 145 g/mol. The quantitative estimate of drug-likeness (QED) is 0.565. The predicted octanol–water partition coefficient (Wildman–Crippen LogP) is 0.479. The molecule has 0 aromatic heterocycles. The van der Waals surface area contributed by atoms with E-state index in [1.165, 1.54) is 0 Å². The van der Waals surface area contributed by atoms with Crippen molar-refractivity contribution in [2.75, 3.05) is 6.54 Å². The van der Waals surface area contributed by atoms with Gasteiger partial charge in [-0.1, -0.05) is 6.92 Å². The first-order valence-electron chi connectivity index (χ1n) is 3.09. The molecule has 4 nitrogen and oxygen atoms in total. The largest absolute Gasteiger partial charge is 0.465 e. The molecule has 0 fully saturated rings. The maximum Gasteiger partial charge on any atom is 0.404 e. The number of nitrogens with one attached hydrogen (secondary N) is 1. The minimum atomic E-state index is -1.04. The number of carbonyl (C=O) groups excluding carboxylic acids is 1. The van der Waals surface area contributed by atoms with Gasteiger partial charge < -0.3 is 15.2 Å². The van der Waals surface area contributed by atoms with Crippen molar-refractivity contribution in [3.05, 3.63) is 0 Å². The third kappa shape index (κ3) is 5.08. The van der Waals surface area contributed by atoms with Gasteiger partial charge in [0.25, 0.3) is 0 Å². The third-order valence-corrected chi connectivity index (χ3v) is 1.11. The Hall–Kier alpha value is -1.06. The number of hydrogen-bond donors (Lipinski definition) is 2. The van der Waals surface area contributed by atoms with Gasteiger partial charge in [0.15, 0.2) is 0 Å². The van der Waals surface area contributed by atoms with Crippen LogP contribution in [-0.4, -0.2) is 24.0 Å². The second-order valence-corrected chi connectivity index (χ2v) is 2.13. The maximum atomic E-state index is 10.0. The number of aldehydes is 1. The molecule has 0 aliphatic carbocycles. The molecule has 0 bridgehead atoms. The first-order valence-corrected chi connectivity index (χ1v) is 3.09. The number of rotatable bonds is 4. The number of amides is 1. The van der Waals surface area contributed by atoms with Crippen molar-refractivity contribution in [2.45, 2.75) is 13.3 Å². The minimum Gasteiger partial charge on any atom is -0.465 e. The van der Waals surface area contributed by atoms with Crippen LogP contribution in [0.5, 0.6) is 0 Å². The van der Waals surface area contributed by atoms with Gasteiger partial charge >= 0.3 is 6.09 Å². The SMILES string of the molecule is C[C@H](C=O)CCNC(=O)O. The highest BCUT2D eigenvalue weighted by atomic mass is 16.4. The molecule has 0 spiro atoms. The molecule has 10 heavy (non-hydrogen) atoms. The fourth-order valence-corrected chi connectivity index (χ4v) is 0.475. The van der Waals surface area contributed by atoms with E-state index in [0.717, 1.165) is 6.29 Å². The Kier molecular flexibility index (Phi) is 4.28. The van der Waals surface area contributed by atoms with E-state index in [1.54, 1.807) is 6.92 Å². The van der Waals surface area contributed by atoms with Gasteiger partial charge in [0.05, 0.1) is 0 Å². The van der Waals surface area contributed by atoms with E-state index in [0.29, 0.717) is 13.0 Å². The highest BCUT2D eigenvalue weighted by Gasteiger charge is 1.99. The molecule has 58 valence electrons. The lowest BCUT2D eigenvalue weighted by molar-refractivity contribution is -0.110. The van der Waals surface area contributed by atoms with Crippen molar-refractivity contribution in [3.63, 3.8) is 0 Å². The summed E-state index contributed by atoms with van der Waals surface area (Å²) in [5.41, 5.74) is 0. The maximum absolute atomic E-state index is 10.0. The van der Waals surface area contributed by atoms with Crippen LogP contribution >= 0.6 is 0 Å². The standard InChI is InChI=1S/C6H11NO3/c1-5(4-8)2-3-7-6(9)10/h4-5,7H,2-3H2,1H3,(H,9,10)/t5-/m0/s1. The normalized spacial score (nSPS) is 12.1. The van der Waals surface area contributed by atoms with Crippen LogP contribution in [-0.2, 0) is 4.79 Å². The van der Waals surface area contributed by atoms with Crippen LogP contribution in [0.3, 0.4) is 0 Å². The van der Waals surface area contributed by atoms with Crippen molar-refractivity contribution < 1.29 is 14.7 Å². The summed E-state index contributed by atoms with van der Waals surface area (Å²) in [7, 11) is 0. The molecule has 4 heteroatoms. The molecule has 2 N–H and O–H groups in total. The van der Waals surface area contributed by atoms with Gasteiger partial charge in [-0.3, -0.25) is 0 Å². The highest BCUT2D eigenvalue weighted by molar-refractivity contribution is 5.64. The Morgan fingerprint density at radius 1 is 1.80 bits per heavy atom. The van der Waals surface area contributed by atoms with Gasteiger partial charge in [-0.2, -0.15) is 0 Å². The first kappa shape index (κ1) is 8.94. The molecule has 0 radical (unpaired) electrons. The predicted molar refractivity (Wildman–Crippen MR) is 35.9 cm³/mol. The van der Waals surface area contributed by atoms with Crippen LogP contribution in [0, 0.1) is 5.92 Å². The van der Waals surface area contributed by atoms with Crippen LogP contribution in [0.2, 0.25) is 0 Å². The first-order chi connectivity index (χ1) is 4.66. The second kappa shape index (κ2) is 4.78. The molecule has 1 amide bonds. The minimum absolute atomic E-state index is 0.0631. The summed E-state index contributed by atoms with van der Waals surface area (Å²) in [4.78, 5) is 19.9. The monoisotopic (exact) mass is 145 g/mol. The van der Waals surface area contributed by atoms with Crippen LogP contribution in [0.1, 0.15) is 13.3 Å². The van der Waals surface area contributed by atoms with Crippen molar-refractivity contribution in [1.29, 1.82) is 0 Å². The number of carboxylic acid groups (broad SMARTS) is 1. The van der Waals surface area contributed by atoms with Crippen molar-refractivity contribution in [2.24, 2.45) is 5.92 Å². The molecule has 0 saturated heterocycles. The fraction of sp³-hybridized carbons (Fsp3) is 0.667. The number of hydrogen-bond acceptors (Lipinski definition) is 2.